The topological polar surface area (TPSA) is 139 Å². The minimum absolute atomic E-state index is 0. The SMILES string of the molecule is O=S(=O)([O-])N=C(Cc1ccccc1)S[C@H]1C[C@@H](O)[C@H](O)[C@@H](CO)O1.[K+]. The maximum absolute atomic E-state index is 11.0. The average molecular weight is 416 g/mol. The molecule has 8 nitrogen and oxygen atoms in total. The Labute approximate surface area is 193 Å². The van der Waals surface area contributed by atoms with Crippen molar-refractivity contribution in [3.63, 3.8) is 0 Å². The number of hydrogen-bond donors (Lipinski definition) is 3. The summed E-state index contributed by atoms with van der Waals surface area (Å²) in [5.41, 5.74) is 0.00673. The van der Waals surface area contributed by atoms with Crippen LogP contribution in [-0.4, -0.2) is 63.7 Å². The van der Waals surface area contributed by atoms with Gasteiger partial charge in [-0.25, -0.2) is 8.42 Å². The van der Waals surface area contributed by atoms with Crippen molar-refractivity contribution >= 4 is 27.1 Å². The van der Waals surface area contributed by atoms with Gasteiger partial charge in [0.25, 0.3) is 0 Å². The zero-order valence-electron chi connectivity index (χ0n) is 13.6. The van der Waals surface area contributed by atoms with Gasteiger partial charge in [0.15, 0.2) is 0 Å². The third-order valence-corrected chi connectivity index (χ3v) is 5.03. The van der Waals surface area contributed by atoms with E-state index >= 15 is 0 Å². The predicted molar refractivity (Wildman–Crippen MR) is 87.2 cm³/mol. The first-order valence-corrected chi connectivity index (χ1v) is 9.40. The van der Waals surface area contributed by atoms with Crippen LogP contribution in [0.5, 0.6) is 0 Å². The van der Waals surface area contributed by atoms with E-state index in [9.17, 15) is 28.3 Å². The largest absolute Gasteiger partial charge is 1.00 e. The van der Waals surface area contributed by atoms with E-state index in [2.05, 4.69) is 4.40 Å². The number of aliphatic hydroxyl groups is 3. The van der Waals surface area contributed by atoms with Crippen molar-refractivity contribution < 1.29 is 84.4 Å². The molecule has 2 rings (SSSR count). The van der Waals surface area contributed by atoms with E-state index in [1.165, 1.54) is 0 Å². The van der Waals surface area contributed by atoms with Crippen LogP contribution in [0, 0.1) is 0 Å². The summed E-state index contributed by atoms with van der Waals surface area (Å²) >= 11 is 0.879. The molecule has 1 aromatic rings. The van der Waals surface area contributed by atoms with Crippen LogP contribution < -0.4 is 51.4 Å². The Kier molecular flexibility index (Phi) is 10.3. The second-order valence-electron chi connectivity index (χ2n) is 5.27. The molecule has 3 N–H and O–H groups in total. The zero-order valence-corrected chi connectivity index (χ0v) is 18.3. The average Bonchev–Trinajstić information content (AvgIpc) is 2.50. The van der Waals surface area contributed by atoms with E-state index in [1.54, 1.807) is 30.3 Å². The van der Waals surface area contributed by atoms with Crippen molar-refractivity contribution in [2.24, 2.45) is 4.40 Å². The van der Waals surface area contributed by atoms with Gasteiger partial charge in [-0.05, 0) is 5.56 Å². The second kappa shape index (κ2) is 10.8. The molecular weight excluding hydrogens is 397 g/mol. The van der Waals surface area contributed by atoms with Crippen molar-refractivity contribution in [1.82, 2.24) is 0 Å². The van der Waals surface area contributed by atoms with Crippen molar-refractivity contribution in [1.29, 1.82) is 0 Å². The summed E-state index contributed by atoms with van der Waals surface area (Å²) in [7, 11) is -4.84. The summed E-state index contributed by atoms with van der Waals surface area (Å²) in [5.74, 6) is 0. The number of nitrogens with zero attached hydrogens (tertiary/aromatic N) is 1. The summed E-state index contributed by atoms with van der Waals surface area (Å²) in [4.78, 5) is 0. The van der Waals surface area contributed by atoms with Gasteiger partial charge < -0.3 is 24.6 Å². The molecule has 11 heteroatoms. The fourth-order valence-corrected chi connectivity index (χ4v) is 4.09. The second-order valence-corrected chi connectivity index (χ2v) is 7.54. The van der Waals surface area contributed by atoms with E-state index in [4.69, 9.17) is 4.74 Å². The zero-order chi connectivity index (χ0) is 17.7. The van der Waals surface area contributed by atoms with Crippen LogP contribution >= 0.6 is 11.8 Å². The number of benzene rings is 1. The van der Waals surface area contributed by atoms with Gasteiger partial charge >= 0.3 is 51.4 Å². The van der Waals surface area contributed by atoms with Gasteiger partial charge in [-0.1, -0.05) is 42.1 Å². The van der Waals surface area contributed by atoms with Gasteiger partial charge in [0.05, 0.1) is 17.8 Å². The van der Waals surface area contributed by atoms with Gasteiger partial charge in [0, 0.05) is 12.8 Å². The van der Waals surface area contributed by atoms with Gasteiger partial charge in [0.2, 0.25) is 10.3 Å². The summed E-state index contributed by atoms with van der Waals surface area (Å²) < 4.78 is 41.6. The molecule has 1 aromatic carbocycles. The first-order valence-electron chi connectivity index (χ1n) is 7.16. The van der Waals surface area contributed by atoms with Crippen molar-refractivity contribution in [2.45, 2.75) is 36.6 Å². The Bertz CT molecular complexity index is 671. The van der Waals surface area contributed by atoms with Crippen LogP contribution in [0.25, 0.3) is 0 Å². The van der Waals surface area contributed by atoms with Crippen molar-refractivity contribution in [3.8, 4) is 0 Å². The molecule has 4 atom stereocenters. The molecule has 0 unspecified atom stereocenters. The smallest absolute Gasteiger partial charge is 0.730 e. The van der Waals surface area contributed by atoms with Crippen LogP contribution in [0.3, 0.4) is 0 Å². The Hall–Kier alpha value is 0.626. The Morgan fingerprint density at radius 2 is 1.96 bits per heavy atom. The number of ether oxygens (including phenoxy) is 1. The first kappa shape index (κ1) is 23.7. The van der Waals surface area contributed by atoms with Crippen LogP contribution in [0.1, 0.15) is 12.0 Å². The summed E-state index contributed by atoms with van der Waals surface area (Å²) in [5, 5.41) is 28.7. The molecule has 0 amide bonds. The number of thioether (sulfide) groups is 1. The Morgan fingerprint density at radius 1 is 1.32 bits per heavy atom. The maximum Gasteiger partial charge on any atom is 1.00 e. The molecule has 134 valence electrons. The van der Waals surface area contributed by atoms with Crippen molar-refractivity contribution in [2.75, 3.05) is 6.61 Å². The molecule has 1 aliphatic heterocycles. The standard InChI is InChI=1S/C14H19NO7S2.K/c16-8-11-14(18)10(17)7-13(22-11)23-12(15-24(19,20)21)6-9-4-2-1-3-5-9;/h1-5,10-11,13-14,16-18H,6-8H2,(H,19,20,21);/q;+1/p-1/t10-,11-,13+,14+;/m1./s1. The molecular formula is C14H18KNO7S2. The molecule has 0 radical (unpaired) electrons. The van der Waals surface area contributed by atoms with E-state index in [0.29, 0.717) is 0 Å². The molecule has 0 saturated carbocycles. The van der Waals surface area contributed by atoms with E-state index in [0.717, 1.165) is 17.3 Å². The van der Waals surface area contributed by atoms with Crippen molar-refractivity contribution in [3.05, 3.63) is 35.9 Å². The van der Waals surface area contributed by atoms with E-state index in [1.807, 2.05) is 0 Å². The predicted octanol–water partition coefficient (Wildman–Crippen LogP) is -3.35. The minimum Gasteiger partial charge on any atom is -0.730 e. The quantitative estimate of drug-likeness (QED) is 0.196. The Balaban J connectivity index is 0.00000312. The molecule has 1 fully saturated rings. The molecule has 0 aliphatic carbocycles. The van der Waals surface area contributed by atoms with Gasteiger partial charge in [-0.15, -0.1) is 0 Å². The number of aliphatic hydroxyl groups excluding tert-OH is 3. The molecule has 1 heterocycles. The van der Waals surface area contributed by atoms with Crippen LogP contribution in [0.15, 0.2) is 34.7 Å². The molecule has 1 saturated heterocycles. The number of rotatable bonds is 5. The monoisotopic (exact) mass is 415 g/mol. The fraction of sp³-hybridized carbons (Fsp3) is 0.500. The molecule has 25 heavy (non-hydrogen) atoms. The molecule has 0 aromatic heterocycles. The van der Waals surface area contributed by atoms with Gasteiger partial charge in [-0.2, -0.15) is 4.40 Å². The summed E-state index contributed by atoms with van der Waals surface area (Å²) in [6.45, 7) is -0.500. The van der Waals surface area contributed by atoms with Gasteiger partial charge in [0.1, 0.15) is 17.6 Å². The molecule has 0 bridgehead atoms. The van der Waals surface area contributed by atoms with Crippen LogP contribution in [0.4, 0.5) is 0 Å². The van der Waals surface area contributed by atoms with E-state index in [-0.39, 0.29) is 69.3 Å². The first-order chi connectivity index (χ1) is 11.3. The molecule has 0 spiro atoms. The normalized spacial score (nSPS) is 27.6. The number of hydrogen-bond acceptors (Lipinski definition) is 8. The van der Waals surface area contributed by atoms with Gasteiger partial charge in [-0.3, -0.25) is 0 Å². The minimum atomic E-state index is -4.84. The summed E-state index contributed by atoms with van der Waals surface area (Å²) in [6, 6.07) is 8.84. The van der Waals surface area contributed by atoms with E-state index < -0.39 is 40.7 Å². The van der Waals surface area contributed by atoms with Crippen LogP contribution in [0.2, 0.25) is 0 Å². The Morgan fingerprint density at radius 3 is 2.52 bits per heavy atom. The summed E-state index contributed by atoms with van der Waals surface area (Å²) in [6.07, 6.45) is -3.24. The molecule has 1 aliphatic rings. The maximum atomic E-state index is 11.0. The van der Waals surface area contributed by atoms with Crippen LogP contribution in [-0.2, 0) is 21.5 Å². The fourth-order valence-electron chi connectivity index (χ4n) is 2.28. The third kappa shape index (κ3) is 8.03. The third-order valence-electron chi connectivity index (χ3n) is 3.39.